The molecule has 150 valence electrons. The summed E-state index contributed by atoms with van der Waals surface area (Å²) in [7, 11) is 0. The normalized spacial score (nSPS) is 12.5. The number of hydrogen-bond donors (Lipinski definition) is 1. The second kappa shape index (κ2) is 15.6. The van der Waals surface area contributed by atoms with Crippen molar-refractivity contribution >= 4 is 11.9 Å². The maximum Gasteiger partial charge on any atom is 0.339 e. The van der Waals surface area contributed by atoms with Crippen LogP contribution in [0.4, 0.5) is 0 Å². The van der Waals surface area contributed by atoms with Gasteiger partial charge in [0.25, 0.3) is 0 Å². The largest absolute Gasteiger partial charge is 0.433 e. The van der Waals surface area contributed by atoms with Crippen molar-refractivity contribution in [2.45, 2.75) is 97.7 Å². The van der Waals surface area contributed by atoms with Crippen LogP contribution in [0.3, 0.4) is 0 Å². The van der Waals surface area contributed by atoms with E-state index in [1.165, 1.54) is 65.2 Å². The fourth-order valence-electron chi connectivity index (χ4n) is 2.45. The van der Waals surface area contributed by atoms with E-state index in [0.717, 1.165) is 19.1 Å². The Morgan fingerprint density at radius 3 is 1.96 bits per heavy atom. The van der Waals surface area contributed by atoms with Gasteiger partial charge in [0.1, 0.15) is 6.26 Å². The molecule has 0 radical (unpaired) electrons. The number of ether oxygens (including phenoxy) is 2. The topological polar surface area (TPSA) is 72.8 Å². The standard InChI is InChI=1S/C21H36O5/c1-5-6-7-8-9-10-11-12-13-14-15-17(2)20(23)25-16-18(3)21(24)26-19(4)22/h16,19,22H,2,5-15H2,1,3-4H3/b18-16+. The summed E-state index contributed by atoms with van der Waals surface area (Å²) in [6.07, 6.45) is 12.8. The van der Waals surface area contributed by atoms with E-state index in [4.69, 9.17) is 9.84 Å². The Morgan fingerprint density at radius 2 is 1.46 bits per heavy atom. The predicted octanol–water partition coefficient (Wildman–Crippen LogP) is 5.18. The molecule has 0 aliphatic carbocycles. The van der Waals surface area contributed by atoms with Gasteiger partial charge in [0.2, 0.25) is 0 Å². The molecule has 0 spiro atoms. The molecule has 1 unspecified atom stereocenters. The molecule has 0 saturated heterocycles. The van der Waals surface area contributed by atoms with Crippen molar-refractivity contribution in [3.63, 3.8) is 0 Å². The maximum atomic E-state index is 11.8. The highest BCUT2D eigenvalue weighted by atomic mass is 16.6. The summed E-state index contributed by atoms with van der Waals surface area (Å²) in [6, 6.07) is 0. The number of carbonyl (C=O) groups is 2. The number of carbonyl (C=O) groups excluding carboxylic acids is 2. The lowest BCUT2D eigenvalue weighted by atomic mass is 10.0. The minimum atomic E-state index is -1.20. The van der Waals surface area contributed by atoms with Gasteiger partial charge in [-0.3, -0.25) is 0 Å². The van der Waals surface area contributed by atoms with Gasteiger partial charge in [0, 0.05) is 5.57 Å². The average molecular weight is 369 g/mol. The van der Waals surface area contributed by atoms with E-state index in [9.17, 15) is 9.59 Å². The molecule has 0 aromatic rings. The van der Waals surface area contributed by atoms with Crippen LogP contribution in [0, 0.1) is 0 Å². The van der Waals surface area contributed by atoms with E-state index in [1.54, 1.807) is 0 Å². The van der Waals surface area contributed by atoms with Gasteiger partial charge in [0.05, 0.1) is 5.57 Å². The number of esters is 2. The van der Waals surface area contributed by atoms with Crippen molar-refractivity contribution in [1.82, 2.24) is 0 Å². The van der Waals surface area contributed by atoms with Crippen LogP contribution in [0.2, 0.25) is 0 Å². The summed E-state index contributed by atoms with van der Waals surface area (Å²) in [6.45, 7) is 8.74. The van der Waals surface area contributed by atoms with Crippen LogP contribution in [0.5, 0.6) is 0 Å². The molecule has 0 aliphatic rings. The Kier molecular flexibility index (Phi) is 14.6. The maximum absolute atomic E-state index is 11.8. The predicted molar refractivity (Wildman–Crippen MR) is 103 cm³/mol. The first-order valence-electron chi connectivity index (χ1n) is 9.83. The summed E-state index contributed by atoms with van der Waals surface area (Å²) in [4.78, 5) is 23.3. The Labute approximate surface area is 158 Å². The molecule has 5 heteroatoms. The van der Waals surface area contributed by atoms with Crippen LogP contribution in [-0.4, -0.2) is 23.3 Å². The lowest BCUT2D eigenvalue weighted by Crippen LogP contribution is -2.15. The minimum absolute atomic E-state index is 0.103. The van der Waals surface area contributed by atoms with Crippen molar-refractivity contribution in [2.24, 2.45) is 0 Å². The average Bonchev–Trinajstić information content (AvgIpc) is 2.60. The third kappa shape index (κ3) is 13.6. The van der Waals surface area contributed by atoms with Crippen LogP contribution in [0.25, 0.3) is 0 Å². The number of aliphatic hydroxyl groups excluding tert-OH is 1. The molecule has 0 amide bonds. The van der Waals surface area contributed by atoms with Crippen molar-refractivity contribution in [2.75, 3.05) is 0 Å². The first-order valence-corrected chi connectivity index (χ1v) is 9.83. The van der Waals surface area contributed by atoms with Crippen molar-refractivity contribution in [3.05, 3.63) is 24.0 Å². The lowest BCUT2D eigenvalue weighted by Gasteiger charge is -2.07. The Hall–Kier alpha value is -1.62. The van der Waals surface area contributed by atoms with E-state index in [0.29, 0.717) is 12.0 Å². The van der Waals surface area contributed by atoms with Crippen LogP contribution in [0.1, 0.15) is 91.4 Å². The summed E-state index contributed by atoms with van der Waals surface area (Å²) in [5, 5.41) is 8.97. The van der Waals surface area contributed by atoms with Gasteiger partial charge in [-0.2, -0.15) is 0 Å². The Balaban J connectivity index is 3.77. The summed E-state index contributed by atoms with van der Waals surface area (Å²) in [5.41, 5.74) is 0.503. The fourth-order valence-corrected chi connectivity index (χ4v) is 2.45. The highest BCUT2D eigenvalue weighted by Crippen LogP contribution is 2.14. The minimum Gasteiger partial charge on any atom is -0.433 e. The zero-order chi connectivity index (χ0) is 19.8. The third-order valence-electron chi connectivity index (χ3n) is 4.06. The fraction of sp³-hybridized carbons (Fsp3) is 0.714. The van der Waals surface area contributed by atoms with E-state index in [-0.39, 0.29) is 5.57 Å². The van der Waals surface area contributed by atoms with Crippen LogP contribution >= 0.6 is 0 Å². The second-order valence-corrected chi connectivity index (χ2v) is 6.75. The molecule has 5 nitrogen and oxygen atoms in total. The molecule has 1 N–H and O–H groups in total. The summed E-state index contributed by atoms with van der Waals surface area (Å²) >= 11 is 0. The van der Waals surface area contributed by atoms with Crippen molar-refractivity contribution < 1.29 is 24.2 Å². The molecule has 0 aliphatic heterocycles. The number of unbranched alkanes of at least 4 members (excludes halogenated alkanes) is 9. The molecule has 0 fully saturated rings. The van der Waals surface area contributed by atoms with Gasteiger partial charge in [-0.1, -0.05) is 71.3 Å². The van der Waals surface area contributed by atoms with Gasteiger partial charge in [-0.25, -0.2) is 9.59 Å². The summed E-state index contributed by atoms with van der Waals surface area (Å²) < 4.78 is 9.51. The van der Waals surface area contributed by atoms with Gasteiger partial charge >= 0.3 is 11.9 Å². The van der Waals surface area contributed by atoms with E-state index in [2.05, 4.69) is 18.2 Å². The molecule has 0 aromatic carbocycles. The molecular weight excluding hydrogens is 332 g/mol. The molecular formula is C21H36O5. The SMILES string of the molecule is C=C(CCCCCCCCCCCC)C(=O)O/C=C(\C)C(=O)OC(C)O. The third-order valence-corrected chi connectivity index (χ3v) is 4.06. The number of hydrogen-bond acceptors (Lipinski definition) is 5. The zero-order valence-electron chi connectivity index (χ0n) is 16.7. The van der Waals surface area contributed by atoms with E-state index >= 15 is 0 Å². The molecule has 0 rings (SSSR count). The first kappa shape index (κ1) is 24.4. The van der Waals surface area contributed by atoms with Gasteiger partial charge < -0.3 is 14.6 Å². The Bertz CT molecular complexity index is 451. The van der Waals surface area contributed by atoms with Crippen LogP contribution in [0.15, 0.2) is 24.0 Å². The zero-order valence-corrected chi connectivity index (χ0v) is 16.7. The molecule has 26 heavy (non-hydrogen) atoms. The molecule has 0 aromatic heterocycles. The quantitative estimate of drug-likeness (QED) is 0.142. The number of rotatable bonds is 15. The van der Waals surface area contributed by atoms with E-state index < -0.39 is 18.2 Å². The molecule has 1 atom stereocenters. The van der Waals surface area contributed by atoms with Gasteiger partial charge in [-0.05, 0) is 26.7 Å². The lowest BCUT2D eigenvalue weighted by molar-refractivity contribution is -0.159. The highest BCUT2D eigenvalue weighted by molar-refractivity contribution is 5.90. The molecule has 0 saturated carbocycles. The summed E-state index contributed by atoms with van der Waals surface area (Å²) in [5.74, 6) is -1.27. The van der Waals surface area contributed by atoms with Gasteiger partial charge in [-0.15, -0.1) is 0 Å². The van der Waals surface area contributed by atoms with E-state index in [1.807, 2.05) is 0 Å². The van der Waals surface area contributed by atoms with Gasteiger partial charge in [0.15, 0.2) is 6.29 Å². The highest BCUT2D eigenvalue weighted by Gasteiger charge is 2.12. The monoisotopic (exact) mass is 368 g/mol. The van der Waals surface area contributed by atoms with Crippen LogP contribution < -0.4 is 0 Å². The first-order chi connectivity index (χ1) is 12.4. The Morgan fingerprint density at radius 1 is 0.962 bits per heavy atom. The van der Waals surface area contributed by atoms with Crippen molar-refractivity contribution in [1.29, 1.82) is 0 Å². The number of aliphatic hydroxyl groups is 1. The second-order valence-electron chi connectivity index (χ2n) is 6.75. The molecule has 0 heterocycles. The molecule has 0 bridgehead atoms. The smallest absolute Gasteiger partial charge is 0.339 e. The van der Waals surface area contributed by atoms with Crippen LogP contribution in [-0.2, 0) is 19.1 Å². The van der Waals surface area contributed by atoms with Crippen molar-refractivity contribution in [3.8, 4) is 0 Å².